The fourth-order valence-corrected chi connectivity index (χ4v) is 1.65. The smallest absolute Gasteiger partial charge is 0.0813 e. The van der Waals surface area contributed by atoms with Gasteiger partial charge >= 0.3 is 0 Å². The predicted octanol–water partition coefficient (Wildman–Crippen LogP) is 2.19. The second kappa shape index (κ2) is 6.86. The van der Waals surface area contributed by atoms with Gasteiger partial charge < -0.3 is 10.1 Å². The first-order chi connectivity index (χ1) is 6.64. The molecule has 0 aliphatic heterocycles. The zero-order chi connectivity index (χ0) is 11.0. The highest BCUT2D eigenvalue weighted by molar-refractivity contribution is 4.98. The molecule has 1 N–H and O–H groups in total. The van der Waals surface area contributed by atoms with E-state index in [1.807, 2.05) is 6.92 Å². The average Bonchev–Trinajstić information content (AvgIpc) is 2.18. The largest absolute Gasteiger partial charge is 0.374 e. The molecule has 0 amide bonds. The van der Waals surface area contributed by atoms with E-state index in [0.717, 1.165) is 26.0 Å². The van der Waals surface area contributed by atoms with Crippen molar-refractivity contribution in [2.24, 2.45) is 0 Å². The molecule has 2 atom stereocenters. The summed E-state index contributed by atoms with van der Waals surface area (Å²) in [6.07, 6.45) is 7.05. The molecule has 0 aromatic rings. The van der Waals surface area contributed by atoms with Gasteiger partial charge in [0.25, 0.3) is 0 Å². The molecule has 82 valence electrons. The first-order valence-electron chi connectivity index (χ1n) is 5.45. The molecule has 0 bridgehead atoms. The molecule has 0 saturated heterocycles. The van der Waals surface area contributed by atoms with Crippen LogP contribution in [0.2, 0.25) is 0 Å². The Labute approximate surface area is 88.4 Å². The standard InChI is InChI=1S/C12H23NO/c1-6-10-11(13-8-3)12(5,7-2)14-9-4/h1,11,13H,7-10H2,2-5H3. The third-order valence-electron chi connectivity index (χ3n) is 2.69. The molecule has 0 rings (SSSR count). The van der Waals surface area contributed by atoms with E-state index in [2.05, 4.69) is 32.0 Å². The van der Waals surface area contributed by atoms with Gasteiger partial charge in [-0.2, -0.15) is 0 Å². The summed E-state index contributed by atoms with van der Waals surface area (Å²) in [6, 6.07) is 0.252. The zero-order valence-corrected chi connectivity index (χ0v) is 9.89. The summed E-state index contributed by atoms with van der Waals surface area (Å²) in [4.78, 5) is 0. The Morgan fingerprint density at radius 3 is 2.43 bits per heavy atom. The van der Waals surface area contributed by atoms with E-state index in [1.165, 1.54) is 0 Å². The number of likely N-dealkylation sites (N-methyl/N-ethyl adjacent to an activating group) is 1. The molecule has 14 heavy (non-hydrogen) atoms. The maximum Gasteiger partial charge on any atom is 0.0813 e. The molecule has 2 nitrogen and oxygen atoms in total. The monoisotopic (exact) mass is 197 g/mol. The Hall–Kier alpha value is -0.520. The van der Waals surface area contributed by atoms with Crippen molar-refractivity contribution >= 4 is 0 Å². The Kier molecular flexibility index (Phi) is 6.61. The third kappa shape index (κ3) is 3.69. The maximum atomic E-state index is 5.79. The molecule has 0 heterocycles. The second-order valence-corrected chi connectivity index (χ2v) is 3.62. The zero-order valence-electron chi connectivity index (χ0n) is 9.89. The van der Waals surface area contributed by atoms with Crippen LogP contribution in [-0.4, -0.2) is 24.8 Å². The van der Waals surface area contributed by atoms with Gasteiger partial charge in [0.2, 0.25) is 0 Å². The molecule has 2 unspecified atom stereocenters. The van der Waals surface area contributed by atoms with Gasteiger partial charge in [-0.3, -0.25) is 0 Å². The van der Waals surface area contributed by atoms with E-state index < -0.39 is 0 Å². The van der Waals surface area contributed by atoms with Gasteiger partial charge in [0.05, 0.1) is 5.60 Å². The van der Waals surface area contributed by atoms with E-state index in [9.17, 15) is 0 Å². The summed E-state index contributed by atoms with van der Waals surface area (Å²) >= 11 is 0. The lowest BCUT2D eigenvalue weighted by atomic mass is 9.90. The summed E-state index contributed by atoms with van der Waals surface area (Å²) in [5.41, 5.74) is -0.142. The van der Waals surface area contributed by atoms with Crippen LogP contribution in [0.5, 0.6) is 0 Å². The lowest BCUT2D eigenvalue weighted by molar-refractivity contribution is -0.0536. The number of hydrogen-bond donors (Lipinski definition) is 1. The van der Waals surface area contributed by atoms with E-state index in [1.54, 1.807) is 0 Å². The minimum atomic E-state index is -0.142. The van der Waals surface area contributed by atoms with Gasteiger partial charge in [-0.1, -0.05) is 13.8 Å². The Morgan fingerprint density at radius 1 is 1.43 bits per heavy atom. The van der Waals surface area contributed by atoms with Crippen molar-refractivity contribution in [2.45, 2.75) is 52.2 Å². The van der Waals surface area contributed by atoms with Crippen molar-refractivity contribution in [2.75, 3.05) is 13.2 Å². The second-order valence-electron chi connectivity index (χ2n) is 3.62. The van der Waals surface area contributed by atoms with Gasteiger partial charge in [-0.25, -0.2) is 0 Å². The first kappa shape index (κ1) is 13.5. The van der Waals surface area contributed by atoms with Crippen LogP contribution in [0.15, 0.2) is 0 Å². The van der Waals surface area contributed by atoms with Crippen LogP contribution in [0.4, 0.5) is 0 Å². The molecular weight excluding hydrogens is 174 g/mol. The van der Waals surface area contributed by atoms with Crippen molar-refractivity contribution in [1.82, 2.24) is 5.32 Å². The number of rotatable bonds is 7. The van der Waals surface area contributed by atoms with Crippen LogP contribution in [0.25, 0.3) is 0 Å². The van der Waals surface area contributed by atoms with Crippen LogP contribution in [0.1, 0.15) is 40.5 Å². The maximum absolute atomic E-state index is 5.79. The fraction of sp³-hybridized carbons (Fsp3) is 0.833. The minimum absolute atomic E-state index is 0.142. The van der Waals surface area contributed by atoms with E-state index in [4.69, 9.17) is 11.2 Å². The Balaban J connectivity index is 4.47. The van der Waals surface area contributed by atoms with Crippen molar-refractivity contribution in [3.63, 3.8) is 0 Å². The highest BCUT2D eigenvalue weighted by atomic mass is 16.5. The van der Waals surface area contributed by atoms with Crippen LogP contribution in [-0.2, 0) is 4.74 Å². The summed E-state index contributed by atoms with van der Waals surface area (Å²) in [7, 11) is 0. The quantitative estimate of drug-likeness (QED) is 0.632. The summed E-state index contributed by atoms with van der Waals surface area (Å²) in [6.45, 7) is 10.0. The molecule has 0 spiro atoms. The van der Waals surface area contributed by atoms with Crippen molar-refractivity contribution in [3.8, 4) is 12.3 Å². The summed E-state index contributed by atoms with van der Waals surface area (Å²) in [5.74, 6) is 2.71. The van der Waals surface area contributed by atoms with E-state index in [-0.39, 0.29) is 11.6 Å². The molecule has 0 aliphatic carbocycles. The lowest BCUT2D eigenvalue weighted by Gasteiger charge is -2.36. The number of hydrogen-bond acceptors (Lipinski definition) is 2. The van der Waals surface area contributed by atoms with Crippen LogP contribution in [0.3, 0.4) is 0 Å². The molecule has 2 heteroatoms. The molecule has 0 aromatic carbocycles. The number of nitrogens with one attached hydrogen (secondary N) is 1. The normalized spacial score (nSPS) is 17.1. The fourth-order valence-electron chi connectivity index (χ4n) is 1.65. The van der Waals surface area contributed by atoms with Crippen LogP contribution >= 0.6 is 0 Å². The van der Waals surface area contributed by atoms with Gasteiger partial charge in [0, 0.05) is 19.1 Å². The van der Waals surface area contributed by atoms with Crippen molar-refractivity contribution < 1.29 is 4.74 Å². The van der Waals surface area contributed by atoms with E-state index in [0.29, 0.717) is 0 Å². The highest BCUT2D eigenvalue weighted by Gasteiger charge is 2.31. The predicted molar refractivity (Wildman–Crippen MR) is 61.2 cm³/mol. The Bertz CT molecular complexity index is 185. The summed E-state index contributed by atoms with van der Waals surface area (Å²) < 4.78 is 5.79. The lowest BCUT2D eigenvalue weighted by Crippen LogP contribution is -2.50. The van der Waals surface area contributed by atoms with E-state index >= 15 is 0 Å². The Morgan fingerprint density at radius 2 is 2.07 bits per heavy atom. The van der Waals surface area contributed by atoms with Gasteiger partial charge in [0.15, 0.2) is 0 Å². The highest BCUT2D eigenvalue weighted by Crippen LogP contribution is 2.22. The molecule has 0 saturated carbocycles. The van der Waals surface area contributed by atoms with Crippen molar-refractivity contribution in [1.29, 1.82) is 0 Å². The number of terminal acetylenes is 1. The molecule has 0 aliphatic rings. The first-order valence-corrected chi connectivity index (χ1v) is 5.45. The van der Waals surface area contributed by atoms with Gasteiger partial charge in [0.1, 0.15) is 0 Å². The van der Waals surface area contributed by atoms with Crippen LogP contribution < -0.4 is 5.32 Å². The molecule has 0 radical (unpaired) electrons. The topological polar surface area (TPSA) is 21.3 Å². The minimum Gasteiger partial charge on any atom is -0.374 e. The van der Waals surface area contributed by atoms with Gasteiger partial charge in [-0.05, 0) is 26.8 Å². The molecule has 0 fully saturated rings. The number of ether oxygens (including phenoxy) is 1. The van der Waals surface area contributed by atoms with Crippen LogP contribution in [0, 0.1) is 12.3 Å². The third-order valence-corrected chi connectivity index (χ3v) is 2.69. The van der Waals surface area contributed by atoms with Gasteiger partial charge in [-0.15, -0.1) is 12.3 Å². The molecule has 0 aromatic heterocycles. The average molecular weight is 197 g/mol. The molecular formula is C12H23NO. The van der Waals surface area contributed by atoms with Crippen molar-refractivity contribution in [3.05, 3.63) is 0 Å². The summed E-state index contributed by atoms with van der Waals surface area (Å²) in [5, 5.41) is 3.39. The SMILES string of the molecule is C#CCC(NCC)C(C)(CC)OCC.